The van der Waals surface area contributed by atoms with E-state index in [1.54, 1.807) is 0 Å². The minimum absolute atomic E-state index is 0.821. The second kappa shape index (κ2) is 9.01. The van der Waals surface area contributed by atoms with Crippen LogP contribution >= 0.6 is 0 Å². The lowest BCUT2D eigenvalue weighted by Gasteiger charge is -2.06. The molecule has 0 aliphatic rings. The van der Waals surface area contributed by atoms with Crippen LogP contribution in [0.15, 0.2) is 0 Å². The van der Waals surface area contributed by atoms with Gasteiger partial charge in [0, 0.05) is 0 Å². The molecule has 74 valence electrons. The van der Waals surface area contributed by atoms with E-state index >= 15 is 0 Å². The molecule has 0 atom stereocenters. The van der Waals surface area contributed by atoms with Crippen LogP contribution in [0.3, 0.4) is 0 Å². The molecule has 2 heteroatoms. The van der Waals surface area contributed by atoms with Crippen molar-refractivity contribution < 1.29 is 0 Å². The number of hydrogen-bond acceptors (Lipinski definition) is 2. The third-order valence-electron chi connectivity index (χ3n) is 1.96. The van der Waals surface area contributed by atoms with Crippen molar-refractivity contribution in [3.63, 3.8) is 0 Å². The molecule has 0 rings (SSSR count). The minimum Gasteiger partial charge on any atom is -0.330 e. The molecule has 0 heterocycles. The second-order valence-corrected chi connectivity index (χ2v) is 3.78. The summed E-state index contributed by atoms with van der Waals surface area (Å²) in [6.45, 7) is 7.69. The Balaban J connectivity index is 2.82. The Hall–Kier alpha value is -0.0800. The van der Waals surface area contributed by atoms with E-state index in [1.807, 2.05) is 0 Å². The summed E-state index contributed by atoms with van der Waals surface area (Å²) in [5.74, 6) is 0.821. The summed E-state index contributed by atoms with van der Waals surface area (Å²) in [6, 6.07) is 0. The maximum absolute atomic E-state index is 5.39. The third kappa shape index (κ3) is 9.92. The molecule has 0 aromatic heterocycles. The summed E-state index contributed by atoms with van der Waals surface area (Å²) in [5.41, 5.74) is 5.39. The van der Waals surface area contributed by atoms with E-state index < -0.39 is 0 Å². The standard InChI is InChI=1S/C10H24N2/c1-10(2)6-9-12-8-5-3-4-7-11/h10,12H,3-9,11H2,1-2H3. The van der Waals surface area contributed by atoms with Gasteiger partial charge in [0.2, 0.25) is 0 Å². The van der Waals surface area contributed by atoms with Gasteiger partial charge in [-0.15, -0.1) is 0 Å². The van der Waals surface area contributed by atoms with Gasteiger partial charge in [-0.3, -0.25) is 0 Å². The van der Waals surface area contributed by atoms with Crippen LogP contribution in [0.25, 0.3) is 0 Å². The molecule has 0 spiro atoms. The molecule has 0 aliphatic heterocycles. The smallest absolute Gasteiger partial charge is 0.00465 e. The van der Waals surface area contributed by atoms with Gasteiger partial charge in [-0.2, -0.15) is 0 Å². The van der Waals surface area contributed by atoms with E-state index in [0.717, 1.165) is 19.0 Å². The Morgan fingerprint density at radius 1 is 1.08 bits per heavy atom. The molecule has 2 nitrogen and oxygen atoms in total. The average molecular weight is 172 g/mol. The highest BCUT2D eigenvalue weighted by Gasteiger charge is 1.92. The lowest BCUT2D eigenvalue weighted by atomic mass is 10.1. The predicted molar refractivity (Wildman–Crippen MR) is 55.2 cm³/mol. The van der Waals surface area contributed by atoms with Crippen molar-refractivity contribution in [2.45, 2.75) is 39.5 Å². The Bertz CT molecular complexity index is 81.9. The summed E-state index contributed by atoms with van der Waals surface area (Å²) in [7, 11) is 0. The van der Waals surface area contributed by atoms with Crippen molar-refractivity contribution in [3.8, 4) is 0 Å². The fourth-order valence-electron chi connectivity index (χ4n) is 1.09. The van der Waals surface area contributed by atoms with Crippen LogP contribution in [0.1, 0.15) is 39.5 Å². The number of rotatable bonds is 8. The molecule has 0 unspecified atom stereocenters. The van der Waals surface area contributed by atoms with E-state index in [2.05, 4.69) is 19.2 Å². The summed E-state index contributed by atoms with van der Waals surface area (Å²) in [6.07, 6.45) is 5.00. The van der Waals surface area contributed by atoms with Crippen molar-refractivity contribution in [2.24, 2.45) is 11.7 Å². The number of unbranched alkanes of at least 4 members (excludes halogenated alkanes) is 2. The van der Waals surface area contributed by atoms with Gasteiger partial charge in [-0.1, -0.05) is 20.3 Å². The van der Waals surface area contributed by atoms with Crippen molar-refractivity contribution in [1.29, 1.82) is 0 Å². The first-order valence-corrected chi connectivity index (χ1v) is 5.18. The van der Waals surface area contributed by atoms with E-state index in [0.29, 0.717) is 0 Å². The Morgan fingerprint density at radius 3 is 2.42 bits per heavy atom. The largest absolute Gasteiger partial charge is 0.330 e. The van der Waals surface area contributed by atoms with E-state index in [1.165, 1.54) is 32.2 Å². The zero-order chi connectivity index (χ0) is 9.23. The summed E-state index contributed by atoms with van der Waals surface area (Å²) < 4.78 is 0. The predicted octanol–water partition coefficient (Wildman–Crippen LogP) is 1.75. The van der Waals surface area contributed by atoms with Crippen LogP contribution in [-0.2, 0) is 0 Å². The first-order valence-electron chi connectivity index (χ1n) is 5.18. The van der Waals surface area contributed by atoms with E-state index in [4.69, 9.17) is 5.73 Å². The van der Waals surface area contributed by atoms with Gasteiger partial charge in [-0.25, -0.2) is 0 Å². The van der Waals surface area contributed by atoms with Crippen LogP contribution in [0, 0.1) is 5.92 Å². The molecule has 0 fully saturated rings. The first kappa shape index (κ1) is 11.9. The monoisotopic (exact) mass is 172 g/mol. The molecule has 0 saturated heterocycles. The maximum atomic E-state index is 5.39. The molecule has 0 amide bonds. The molecule has 3 N–H and O–H groups in total. The van der Waals surface area contributed by atoms with Crippen molar-refractivity contribution >= 4 is 0 Å². The van der Waals surface area contributed by atoms with E-state index in [9.17, 15) is 0 Å². The zero-order valence-electron chi connectivity index (χ0n) is 8.60. The fraction of sp³-hybridized carbons (Fsp3) is 1.00. The molecule has 0 aliphatic carbocycles. The van der Waals surface area contributed by atoms with Crippen molar-refractivity contribution in [1.82, 2.24) is 5.32 Å². The van der Waals surface area contributed by atoms with Gasteiger partial charge >= 0.3 is 0 Å². The number of hydrogen-bond donors (Lipinski definition) is 2. The number of nitrogens with one attached hydrogen (secondary N) is 1. The molecule has 0 saturated carbocycles. The normalized spacial score (nSPS) is 11.0. The second-order valence-electron chi connectivity index (χ2n) is 3.78. The fourth-order valence-corrected chi connectivity index (χ4v) is 1.09. The van der Waals surface area contributed by atoms with Crippen LogP contribution in [0.4, 0.5) is 0 Å². The lowest BCUT2D eigenvalue weighted by Crippen LogP contribution is -2.18. The highest BCUT2D eigenvalue weighted by atomic mass is 14.8. The average Bonchev–Trinajstić information content (AvgIpc) is 2.02. The number of nitrogens with two attached hydrogens (primary N) is 1. The van der Waals surface area contributed by atoms with Crippen LogP contribution in [-0.4, -0.2) is 19.6 Å². The molecular weight excluding hydrogens is 148 g/mol. The first-order chi connectivity index (χ1) is 5.77. The maximum Gasteiger partial charge on any atom is -0.00465 e. The van der Waals surface area contributed by atoms with Crippen LogP contribution < -0.4 is 11.1 Å². The van der Waals surface area contributed by atoms with Crippen LogP contribution in [0.5, 0.6) is 0 Å². The minimum atomic E-state index is 0.821. The molecule has 0 aromatic carbocycles. The van der Waals surface area contributed by atoms with E-state index in [-0.39, 0.29) is 0 Å². The quantitative estimate of drug-likeness (QED) is 0.547. The molecular formula is C10H24N2. The summed E-state index contributed by atoms with van der Waals surface area (Å²) in [5, 5.41) is 3.43. The molecule has 0 radical (unpaired) electrons. The van der Waals surface area contributed by atoms with Crippen molar-refractivity contribution in [2.75, 3.05) is 19.6 Å². The Kier molecular flexibility index (Phi) is 8.95. The Morgan fingerprint density at radius 2 is 1.83 bits per heavy atom. The van der Waals surface area contributed by atoms with Gasteiger partial charge < -0.3 is 11.1 Å². The van der Waals surface area contributed by atoms with Gasteiger partial charge in [0.05, 0.1) is 0 Å². The molecule has 12 heavy (non-hydrogen) atoms. The Labute approximate surface area is 76.9 Å². The van der Waals surface area contributed by atoms with Gasteiger partial charge in [-0.05, 0) is 44.8 Å². The lowest BCUT2D eigenvalue weighted by molar-refractivity contribution is 0.524. The van der Waals surface area contributed by atoms with Gasteiger partial charge in [0.15, 0.2) is 0 Å². The topological polar surface area (TPSA) is 38.0 Å². The van der Waals surface area contributed by atoms with Crippen LogP contribution in [0.2, 0.25) is 0 Å². The highest BCUT2D eigenvalue weighted by Crippen LogP contribution is 1.96. The highest BCUT2D eigenvalue weighted by molar-refractivity contribution is 4.51. The van der Waals surface area contributed by atoms with Gasteiger partial charge in [0.1, 0.15) is 0 Å². The summed E-state index contributed by atoms with van der Waals surface area (Å²) >= 11 is 0. The zero-order valence-corrected chi connectivity index (χ0v) is 8.60. The van der Waals surface area contributed by atoms with Gasteiger partial charge in [0.25, 0.3) is 0 Å². The third-order valence-corrected chi connectivity index (χ3v) is 1.96. The SMILES string of the molecule is CC(C)CCNCCCCCN. The molecule has 0 aromatic rings. The van der Waals surface area contributed by atoms with Crippen molar-refractivity contribution in [3.05, 3.63) is 0 Å². The summed E-state index contributed by atoms with van der Waals surface area (Å²) in [4.78, 5) is 0. The molecule has 0 bridgehead atoms.